The van der Waals surface area contributed by atoms with Crippen LogP contribution in [0.15, 0.2) is 0 Å². The van der Waals surface area contributed by atoms with Crippen molar-refractivity contribution in [2.75, 3.05) is 26.9 Å². The number of ether oxygens (including phenoxy) is 2. The van der Waals surface area contributed by atoms with E-state index in [0.29, 0.717) is 0 Å². The number of methoxy groups -OCH3 is 1. The lowest BCUT2D eigenvalue weighted by Gasteiger charge is -2.43. The van der Waals surface area contributed by atoms with E-state index in [1.807, 2.05) is 7.11 Å². The quantitative estimate of drug-likeness (QED) is 0.463. The Morgan fingerprint density at radius 2 is 1.70 bits per heavy atom. The number of alkyl halides is 2. The SMILES string of the molecule is CCOCC(CCC(C)(Br)Br)(COC)C1CCCCC1. The largest absolute Gasteiger partial charge is 0.384 e. The van der Waals surface area contributed by atoms with E-state index in [1.165, 1.54) is 32.1 Å². The van der Waals surface area contributed by atoms with Crippen molar-refractivity contribution in [3.8, 4) is 0 Å². The first-order valence-electron chi connectivity index (χ1n) is 7.88. The van der Waals surface area contributed by atoms with Crippen molar-refractivity contribution in [3.63, 3.8) is 0 Å². The highest BCUT2D eigenvalue weighted by atomic mass is 79.9. The lowest BCUT2D eigenvalue weighted by atomic mass is 9.67. The summed E-state index contributed by atoms with van der Waals surface area (Å²) in [4.78, 5) is 0. The van der Waals surface area contributed by atoms with Crippen molar-refractivity contribution >= 4 is 31.9 Å². The summed E-state index contributed by atoms with van der Waals surface area (Å²) in [5.74, 6) is 0.741. The standard InChI is InChI=1S/C16H30Br2O2/c1-4-20-13-16(12-19-3,11-10-15(2,17)18)14-8-6-5-7-9-14/h14H,4-13H2,1-3H3. The molecule has 0 aromatic heterocycles. The summed E-state index contributed by atoms with van der Waals surface area (Å²) in [6, 6.07) is 0. The Morgan fingerprint density at radius 3 is 2.20 bits per heavy atom. The predicted molar refractivity (Wildman–Crippen MR) is 92.9 cm³/mol. The highest BCUT2D eigenvalue weighted by Gasteiger charge is 2.40. The molecule has 4 heteroatoms. The third-order valence-electron chi connectivity index (χ3n) is 4.56. The summed E-state index contributed by atoms with van der Waals surface area (Å²) in [6.07, 6.45) is 9.00. The van der Waals surface area contributed by atoms with Gasteiger partial charge in [-0.1, -0.05) is 51.1 Å². The van der Waals surface area contributed by atoms with Crippen LogP contribution in [0.2, 0.25) is 0 Å². The number of halogens is 2. The van der Waals surface area contributed by atoms with Gasteiger partial charge in [-0.25, -0.2) is 0 Å². The van der Waals surface area contributed by atoms with Crippen LogP contribution in [-0.2, 0) is 9.47 Å². The summed E-state index contributed by atoms with van der Waals surface area (Å²) in [5, 5.41) is 0. The van der Waals surface area contributed by atoms with E-state index < -0.39 is 0 Å². The smallest absolute Gasteiger partial charge is 0.0778 e. The van der Waals surface area contributed by atoms with Crippen molar-refractivity contribution in [1.82, 2.24) is 0 Å². The zero-order chi connectivity index (χ0) is 15.1. The molecule has 120 valence electrons. The summed E-state index contributed by atoms with van der Waals surface area (Å²) < 4.78 is 11.5. The van der Waals surface area contributed by atoms with Crippen LogP contribution in [0.5, 0.6) is 0 Å². The molecule has 0 aliphatic heterocycles. The van der Waals surface area contributed by atoms with E-state index in [0.717, 1.165) is 38.6 Å². The molecule has 2 nitrogen and oxygen atoms in total. The minimum Gasteiger partial charge on any atom is -0.384 e. The molecule has 0 radical (unpaired) electrons. The van der Waals surface area contributed by atoms with Gasteiger partial charge in [-0.15, -0.1) is 0 Å². The van der Waals surface area contributed by atoms with Gasteiger partial charge < -0.3 is 9.47 Å². The molecular weight excluding hydrogens is 384 g/mol. The molecule has 1 atom stereocenters. The van der Waals surface area contributed by atoms with Crippen LogP contribution in [-0.4, -0.2) is 30.2 Å². The lowest BCUT2D eigenvalue weighted by molar-refractivity contribution is -0.0574. The van der Waals surface area contributed by atoms with Crippen LogP contribution in [0.3, 0.4) is 0 Å². The molecule has 0 amide bonds. The molecule has 0 bridgehead atoms. The average Bonchev–Trinajstić information content (AvgIpc) is 2.42. The van der Waals surface area contributed by atoms with Gasteiger partial charge in [0.05, 0.1) is 16.4 Å². The van der Waals surface area contributed by atoms with Crippen LogP contribution >= 0.6 is 31.9 Å². The molecule has 1 fully saturated rings. The third kappa shape index (κ3) is 6.33. The van der Waals surface area contributed by atoms with Gasteiger partial charge in [0.15, 0.2) is 0 Å². The Labute approximate surface area is 141 Å². The minimum atomic E-state index is 0.0138. The van der Waals surface area contributed by atoms with Gasteiger partial charge in [0.1, 0.15) is 0 Å². The van der Waals surface area contributed by atoms with Gasteiger partial charge in [-0.2, -0.15) is 0 Å². The highest BCUT2D eigenvalue weighted by Crippen LogP contribution is 2.45. The number of hydrogen-bond acceptors (Lipinski definition) is 2. The molecule has 1 aliphatic rings. The molecule has 0 saturated heterocycles. The summed E-state index contributed by atoms with van der Waals surface area (Å²) in [5.41, 5.74) is 0.175. The fourth-order valence-corrected chi connectivity index (χ4v) is 3.80. The second kappa shape index (κ2) is 9.12. The van der Waals surface area contributed by atoms with Gasteiger partial charge in [0.2, 0.25) is 0 Å². The first-order valence-corrected chi connectivity index (χ1v) is 9.46. The first-order chi connectivity index (χ1) is 9.43. The number of rotatable bonds is 9. The van der Waals surface area contributed by atoms with E-state index >= 15 is 0 Å². The summed E-state index contributed by atoms with van der Waals surface area (Å²) >= 11 is 7.42. The minimum absolute atomic E-state index is 0.0138. The maximum Gasteiger partial charge on any atom is 0.0778 e. The van der Waals surface area contributed by atoms with Crippen molar-refractivity contribution in [2.24, 2.45) is 11.3 Å². The van der Waals surface area contributed by atoms with Gasteiger partial charge in [-0.3, -0.25) is 0 Å². The average molecular weight is 414 g/mol. The summed E-state index contributed by atoms with van der Waals surface area (Å²) in [6.45, 7) is 6.69. The van der Waals surface area contributed by atoms with Crippen molar-refractivity contribution in [2.45, 2.75) is 62.0 Å². The van der Waals surface area contributed by atoms with Crippen LogP contribution in [0.25, 0.3) is 0 Å². The van der Waals surface area contributed by atoms with Gasteiger partial charge in [0, 0.05) is 19.1 Å². The van der Waals surface area contributed by atoms with Crippen LogP contribution in [0.4, 0.5) is 0 Å². The van der Waals surface area contributed by atoms with E-state index in [1.54, 1.807) is 0 Å². The molecule has 0 N–H and O–H groups in total. The molecule has 1 saturated carbocycles. The van der Waals surface area contributed by atoms with Crippen molar-refractivity contribution in [1.29, 1.82) is 0 Å². The molecule has 0 heterocycles. The highest BCUT2D eigenvalue weighted by molar-refractivity contribution is 9.25. The lowest BCUT2D eigenvalue weighted by Crippen LogP contribution is -2.41. The van der Waals surface area contributed by atoms with Crippen LogP contribution in [0.1, 0.15) is 58.8 Å². The maximum absolute atomic E-state index is 5.86. The first kappa shape index (κ1) is 18.9. The predicted octanol–water partition coefficient (Wildman–Crippen LogP) is 5.52. The monoisotopic (exact) mass is 412 g/mol. The van der Waals surface area contributed by atoms with Crippen molar-refractivity contribution < 1.29 is 9.47 Å². The Kier molecular flexibility index (Phi) is 8.63. The van der Waals surface area contributed by atoms with Gasteiger partial charge in [-0.05, 0) is 45.4 Å². The fraction of sp³-hybridized carbons (Fsp3) is 1.00. The molecular formula is C16H30Br2O2. The Balaban J connectivity index is 2.80. The maximum atomic E-state index is 5.86. The molecule has 0 aromatic rings. The molecule has 1 unspecified atom stereocenters. The topological polar surface area (TPSA) is 18.5 Å². The Hall–Kier alpha value is 0.880. The van der Waals surface area contributed by atoms with E-state index in [-0.39, 0.29) is 8.65 Å². The molecule has 0 aromatic carbocycles. The van der Waals surface area contributed by atoms with E-state index in [9.17, 15) is 0 Å². The Bertz CT molecular complexity index is 260. The molecule has 1 rings (SSSR count). The van der Waals surface area contributed by atoms with Gasteiger partial charge in [0.25, 0.3) is 0 Å². The second-order valence-electron chi connectivity index (χ2n) is 6.34. The molecule has 20 heavy (non-hydrogen) atoms. The fourth-order valence-electron chi connectivity index (χ4n) is 3.40. The third-order valence-corrected chi connectivity index (χ3v) is 5.35. The Morgan fingerprint density at radius 1 is 1.05 bits per heavy atom. The number of hydrogen-bond donors (Lipinski definition) is 0. The normalized spacial score (nSPS) is 20.9. The van der Waals surface area contributed by atoms with E-state index in [2.05, 4.69) is 45.7 Å². The summed E-state index contributed by atoms with van der Waals surface area (Å²) in [7, 11) is 1.82. The van der Waals surface area contributed by atoms with Crippen LogP contribution in [0, 0.1) is 11.3 Å². The second-order valence-corrected chi connectivity index (χ2v) is 10.9. The van der Waals surface area contributed by atoms with Crippen molar-refractivity contribution in [3.05, 3.63) is 0 Å². The van der Waals surface area contributed by atoms with E-state index in [4.69, 9.17) is 9.47 Å². The van der Waals surface area contributed by atoms with Gasteiger partial charge >= 0.3 is 0 Å². The molecule has 0 spiro atoms. The molecule has 1 aliphatic carbocycles. The zero-order valence-corrected chi connectivity index (χ0v) is 16.4. The van der Waals surface area contributed by atoms with Crippen LogP contribution < -0.4 is 0 Å². The zero-order valence-electron chi connectivity index (χ0n) is 13.2.